The highest BCUT2D eigenvalue weighted by Crippen LogP contribution is 2.31. The van der Waals surface area contributed by atoms with Crippen LogP contribution in [0.4, 0.5) is 13.2 Å². The second kappa shape index (κ2) is 5.66. The van der Waals surface area contributed by atoms with Crippen molar-refractivity contribution >= 4 is 5.97 Å². The Hall–Kier alpha value is -0.820. The second-order valence-electron chi connectivity index (χ2n) is 5.34. The molecule has 19 heavy (non-hydrogen) atoms. The van der Waals surface area contributed by atoms with E-state index >= 15 is 0 Å². The number of hydrogen-bond acceptors (Lipinski definition) is 3. The molecule has 0 radical (unpaired) electrons. The van der Waals surface area contributed by atoms with Crippen molar-refractivity contribution in [3.63, 3.8) is 0 Å². The maximum atomic E-state index is 12.9. The summed E-state index contributed by atoms with van der Waals surface area (Å²) in [7, 11) is 0. The largest absolute Gasteiger partial charge is 0.481 e. The Morgan fingerprint density at radius 1 is 1.26 bits per heavy atom. The van der Waals surface area contributed by atoms with Crippen molar-refractivity contribution in [2.45, 2.75) is 43.9 Å². The third-order valence-corrected chi connectivity index (χ3v) is 4.04. The fraction of sp³-hybridized carbons (Fsp3) is 0.917. The van der Waals surface area contributed by atoms with Crippen LogP contribution in [0.25, 0.3) is 0 Å². The van der Waals surface area contributed by atoms with E-state index in [2.05, 4.69) is 4.90 Å². The smallest absolute Gasteiger partial charge is 0.404 e. The molecule has 0 amide bonds. The highest BCUT2D eigenvalue weighted by atomic mass is 19.4. The van der Waals surface area contributed by atoms with Crippen LogP contribution in [0.1, 0.15) is 25.7 Å². The number of nitrogens with zero attached hydrogens (tertiary/aromatic N) is 2. The molecule has 1 N–H and O–H groups in total. The Kier molecular flexibility index (Phi) is 4.35. The third kappa shape index (κ3) is 3.60. The molecular formula is C12H19F3N2O2. The van der Waals surface area contributed by atoms with Gasteiger partial charge in [-0.3, -0.25) is 14.6 Å². The minimum absolute atomic E-state index is 0.154. The molecule has 0 aliphatic carbocycles. The van der Waals surface area contributed by atoms with Crippen molar-refractivity contribution in [1.29, 1.82) is 0 Å². The monoisotopic (exact) mass is 280 g/mol. The Balaban J connectivity index is 1.97. The molecule has 2 aliphatic rings. The fourth-order valence-corrected chi connectivity index (χ4v) is 3.07. The van der Waals surface area contributed by atoms with E-state index < -0.39 is 24.6 Å². The van der Waals surface area contributed by atoms with Crippen molar-refractivity contribution in [1.82, 2.24) is 9.80 Å². The molecule has 2 saturated heterocycles. The first-order valence-corrected chi connectivity index (χ1v) is 6.64. The van der Waals surface area contributed by atoms with Gasteiger partial charge in [-0.2, -0.15) is 13.2 Å². The molecule has 0 saturated carbocycles. The van der Waals surface area contributed by atoms with E-state index in [4.69, 9.17) is 5.11 Å². The Morgan fingerprint density at radius 3 is 2.42 bits per heavy atom. The number of halogens is 3. The SMILES string of the molecule is O=C(O)CC(N1CCC(N2CCCC2)C1)C(F)(F)F. The normalized spacial score (nSPS) is 27.8. The third-order valence-electron chi connectivity index (χ3n) is 4.04. The van der Waals surface area contributed by atoms with Crippen LogP contribution in [0.2, 0.25) is 0 Å². The molecule has 4 nitrogen and oxygen atoms in total. The van der Waals surface area contributed by atoms with E-state index in [0.717, 1.165) is 25.9 Å². The minimum Gasteiger partial charge on any atom is -0.481 e. The van der Waals surface area contributed by atoms with E-state index in [1.165, 1.54) is 4.90 Å². The lowest BCUT2D eigenvalue weighted by Gasteiger charge is -2.30. The minimum atomic E-state index is -4.47. The molecule has 0 aromatic heterocycles. The van der Waals surface area contributed by atoms with Crippen molar-refractivity contribution in [2.75, 3.05) is 26.2 Å². The standard InChI is InChI=1S/C12H19F3N2O2/c13-12(14,15)10(7-11(18)19)17-6-3-9(8-17)16-4-1-2-5-16/h9-10H,1-8H2,(H,18,19). The number of likely N-dealkylation sites (tertiary alicyclic amines) is 2. The molecule has 2 fully saturated rings. The molecule has 0 spiro atoms. The van der Waals surface area contributed by atoms with Gasteiger partial charge in [-0.15, -0.1) is 0 Å². The first-order valence-electron chi connectivity index (χ1n) is 6.64. The van der Waals surface area contributed by atoms with Crippen LogP contribution in [0.15, 0.2) is 0 Å². The van der Waals surface area contributed by atoms with Gasteiger partial charge >= 0.3 is 12.1 Å². The number of carboxylic acid groups (broad SMARTS) is 1. The Labute approximate surface area is 110 Å². The number of carboxylic acids is 1. The van der Waals surface area contributed by atoms with E-state index in [0.29, 0.717) is 19.5 Å². The molecule has 2 aliphatic heterocycles. The second-order valence-corrected chi connectivity index (χ2v) is 5.34. The van der Waals surface area contributed by atoms with Gasteiger partial charge in [0.2, 0.25) is 0 Å². The van der Waals surface area contributed by atoms with Gasteiger partial charge in [0.05, 0.1) is 6.42 Å². The lowest BCUT2D eigenvalue weighted by atomic mass is 10.1. The zero-order valence-corrected chi connectivity index (χ0v) is 10.7. The van der Waals surface area contributed by atoms with E-state index in [-0.39, 0.29) is 6.04 Å². The molecular weight excluding hydrogens is 261 g/mol. The summed E-state index contributed by atoms with van der Waals surface area (Å²) in [6.45, 7) is 2.57. The van der Waals surface area contributed by atoms with Gasteiger partial charge in [0, 0.05) is 19.1 Å². The summed E-state index contributed by atoms with van der Waals surface area (Å²) in [5.41, 5.74) is 0. The first kappa shape index (κ1) is 14.6. The van der Waals surface area contributed by atoms with Crippen molar-refractivity contribution in [3.8, 4) is 0 Å². The van der Waals surface area contributed by atoms with E-state index in [1.807, 2.05) is 0 Å². The van der Waals surface area contributed by atoms with Crippen molar-refractivity contribution in [3.05, 3.63) is 0 Å². The number of carbonyl (C=O) groups is 1. The maximum Gasteiger partial charge on any atom is 0.404 e. The Bertz CT molecular complexity index is 329. The average molecular weight is 280 g/mol. The summed E-state index contributed by atoms with van der Waals surface area (Å²) in [6.07, 6.45) is -2.43. The lowest BCUT2D eigenvalue weighted by molar-refractivity contribution is -0.188. The number of hydrogen-bond donors (Lipinski definition) is 1. The first-order chi connectivity index (χ1) is 8.88. The Morgan fingerprint density at radius 2 is 1.89 bits per heavy atom. The van der Waals surface area contributed by atoms with Crippen LogP contribution in [0, 0.1) is 0 Å². The topological polar surface area (TPSA) is 43.8 Å². The molecule has 110 valence electrons. The summed E-state index contributed by atoms with van der Waals surface area (Å²) in [6, 6.07) is -1.70. The van der Waals surface area contributed by atoms with E-state index in [9.17, 15) is 18.0 Å². The molecule has 0 aromatic rings. The predicted octanol–water partition coefficient (Wildman–Crippen LogP) is 1.56. The summed E-state index contributed by atoms with van der Waals surface area (Å²) in [5.74, 6) is -1.40. The zero-order valence-electron chi connectivity index (χ0n) is 10.7. The molecule has 2 atom stereocenters. The van der Waals surface area contributed by atoms with Crippen LogP contribution < -0.4 is 0 Å². The van der Waals surface area contributed by atoms with Crippen LogP contribution in [-0.4, -0.2) is 65.3 Å². The van der Waals surface area contributed by atoms with Crippen molar-refractivity contribution < 1.29 is 23.1 Å². The summed E-state index contributed by atoms with van der Waals surface area (Å²) in [5, 5.41) is 8.65. The fourth-order valence-electron chi connectivity index (χ4n) is 3.07. The van der Waals surface area contributed by atoms with Crippen LogP contribution in [0.3, 0.4) is 0 Å². The number of alkyl halides is 3. The maximum absolute atomic E-state index is 12.9. The van der Waals surface area contributed by atoms with Crippen molar-refractivity contribution in [2.24, 2.45) is 0 Å². The molecule has 2 rings (SSSR count). The average Bonchev–Trinajstić information content (AvgIpc) is 2.94. The highest BCUT2D eigenvalue weighted by molar-refractivity contribution is 5.67. The van der Waals surface area contributed by atoms with Gasteiger partial charge in [-0.05, 0) is 32.4 Å². The van der Waals surface area contributed by atoms with Gasteiger partial charge in [0.25, 0.3) is 0 Å². The highest BCUT2D eigenvalue weighted by Gasteiger charge is 2.47. The summed E-state index contributed by atoms with van der Waals surface area (Å²) < 4.78 is 38.8. The summed E-state index contributed by atoms with van der Waals surface area (Å²) >= 11 is 0. The zero-order chi connectivity index (χ0) is 14.0. The van der Waals surface area contributed by atoms with Crippen LogP contribution in [-0.2, 0) is 4.79 Å². The molecule has 7 heteroatoms. The molecule has 0 aromatic carbocycles. The van der Waals surface area contributed by atoms with Gasteiger partial charge < -0.3 is 5.11 Å². The molecule has 2 unspecified atom stereocenters. The van der Waals surface area contributed by atoms with Gasteiger partial charge in [-0.1, -0.05) is 0 Å². The quantitative estimate of drug-likeness (QED) is 0.849. The molecule has 2 heterocycles. The van der Waals surface area contributed by atoms with Crippen LogP contribution in [0.5, 0.6) is 0 Å². The summed E-state index contributed by atoms with van der Waals surface area (Å²) in [4.78, 5) is 14.1. The predicted molar refractivity (Wildman–Crippen MR) is 62.9 cm³/mol. The van der Waals surface area contributed by atoms with Gasteiger partial charge in [-0.25, -0.2) is 0 Å². The van der Waals surface area contributed by atoms with Gasteiger partial charge in [0.1, 0.15) is 6.04 Å². The van der Waals surface area contributed by atoms with Crippen LogP contribution >= 0.6 is 0 Å². The molecule has 0 bridgehead atoms. The lowest BCUT2D eigenvalue weighted by Crippen LogP contribution is -2.47. The van der Waals surface area contributed by atoms with E-state index in [1.54, 1.807) is 0 Å². The number of rotatable bonds is 4. The van der Waals surface area contributed by atoms with Gasteiger partial charge in [0.15, 0.2) is 0 Å². The number of aliphatic carboxylic acids is 1.